The largest absolute Gasteiger partial charge is 0.444 e. The predicted molar refractivity (Wildman–Crippen MR) is 86.2 cm³/mol. The molecule has 23 heavy (non-hydrogen) atoms. The van der Waals surface area contributed by atoms with Crippen LogP contribution in [0.5, 0.6) is 0 Å². The van der Waals surface area contributed by atoms with Gasteiger partial charge in [0.15, 0.2) is 0 Å². The van der Waals surface area contributed by atoms with E-state index in [9.17, 15) is 9.59 Å². The number of piperidine rings is 1. The number of nitrogens with one attached hydrogen (secondary N) is 2. The number of alkyl carbamates (subject to hydrolysis) is 1. The van der Waals surface area contributed by atoms with Crippen LogP contribution in [0.3, 0.4) is 0 Å². The van der Waals surface area contributed by atoms with E-state index < -0.39 is 5.60 Å². The van der Waals surface area contributed by atoms with Crippen molar-refractivity contribution in [2.75, 3.05) is 32.8 Å². The summed E-state index contributed by atoms with van der Waals surface area (Å²) >= 11 is 0. The van der Waals surface area contributed by atoms with Gasteiger partial charge < -0.3 is 25.0 Å². The molecular weight excluding hydrogens is 298 g/mol. The van der Waals surface area contributed by atoms with Crippen LogP contribution in [0.2, 0.25) is 0 Å². The molecule has 7 nitrogen and oxygen atoms in total. The van der Waals surface area contributed by atoms with Crippen LogP contribution >= 0.6 is 0 Å². The van der Waals surface area contributed by atoms with Crippen LogP contribution in [0.4, 0.5) is 4.79 Å². The molecule has 0 aromatic carbocycles. The Morgan fingerprint density at radius 2 is 2.00 bits per heavy atom. The molecule has 0 bridgehead atoms. The van der Waals surface area contributed by atoms with E-state index >= 15 is 0 Å². The standard InChI is InChI=1S/C16H29N3O4/c1-16(2,3)23-15(21)18-12-4-7-19(8-5-12)14(20)10-13-11-17-6-9-22-13/h12-13,17H,4-11H2,1-3H3,(H,18,21)/t13-/m1/s1. The van der Waals surface area contributed by atoms with Crippen molar-refractivity contribution in [3.63, 3.8) is 0 Å². The maximum atomic E-state index is 12.3. The fourth-order valence-corrected chi connectivity index (χ4v) is 2.82. The number of hydrogen-bond donors (Lipinski definition) is 2. The summed E-state index contributed by atoms with van der Waals surface area (Å²) in [5, 5.41) is 6.12. The van der Waals surface area contributed by atoms with E-state index in [-0.39, 0.29) is 24.1 Å². The minimum Gasteiger partial charge on any atom is -0.444 e. The second-order valence-corrected chi connectivity index (χ2v) is 7.20. The van der Waals surface area contributed by atoms with Crippen LogP contribution < -0.4 is 10.6 Å². The maximum Gasteiger partial charge on any atom is 0.407 e. The molecule has 2 rings (SSSR count). The third kappa shape index (κ3) is 6.35. The van der Waals surface area contributed by atoms with Crippen molar-refractivity contribution in [2.45, 2.75) is 57.8 Å². The Kier molecular flexibility index (Phi) is 6.24. The van der Waals surface area contributed by atoms with Gasteiger partial charge in [0.2, 0.25) is 5.91 Å². The van der Waals surface area contributed by atoms with Crippen molar-refractivity contribution in [3.8, 4) is 0 Å². The molecule has 132 valence electrons. The summed E-state index contributed by atoms with van der Waals surface area (Å²) in [4.78, 5) is 25.9. The molecule has 2 saturated heterocycles. The SMILES string of the molecule is CC(C)(C)OC(=O)NC1CCN(C(=O)C[C@@H]2CNCCO2)CC1. The van der Waals surface area contributed by atoms with Crippen LogP contribution in [0.15, 0.2) is 0 Å². The number of nitrogens with zero attached hydrogens (tertiary/aromatic N) is 1. The summed E-state index contributed by atoms with van der Waals surface area (Å²) in [6, 6.07) is 0.0708. The van der Waals surface area contributed by atoms with E-state index in [2.05, 4.69) is 10.6 Å². The molecule has 0 saturated carbocycles. The van der Waals surface area contributed by atoms with Gasteiger partial charge in [-0.05, 0) is 33.6 Å². The zero-order valence-corrected chi connectivity index (χ0v) is 14.4. The molecule has 1 atom stereocenters. The van der Waals surface area contributed by atoms with E-state index in [1.807, 2.05) is 25.7 Å². The third-order valence-corrected chi connectivity index (χ3v) is 3.98. The van der Waals surface area contributed by atoms with Gasteiger partial charge in [0.25, 0.3) is 0 Å². The van der Waals surface area contributed by atoms with Gasteiger partial charge in [-0.15, -0.1) is 0 Å². The summed E-state index contributed by atoms with van der Waals surface area (Å²) in [7, 11) is 0. The molecule has 0 radical (unpaired) electrons. The lowest BCUT2D eigenvalue weighted by atomic mass is 10.0. The molecule has 0 aromatic rings. The highest BCUT2D eigenvalue weighted by atomic mass is 16.6. The minimum absolute atomic E-state index is 0.0196. The normalized spacial score (nSPS) is 23.4. The van der Waals surface area contributed by atoms with E-state index in [1.165, 1.54) is 0 Å². The van der Waals surface area contributed by atoms with Crippen molar-refractivity contribution in [3.05, 3.63) is 0 Å². The van der Waals surface area contributed by atoms with Gasteiger partial charge in [-0.3, -0.25) is 4.79 Å². The molecular formula is C16H29N3O4. The smallest absolute Gasteiger partial charge is 0.407 e. The fourth-order valence-electron chi connectivity index (χ4n) is 2.82. The van der Waals surface area contributed by atoms with E-state index in [0.717, 1.165) is 25.9 Å². The van der Waals surface area contributed by atoms with Crippen LogP contribution in [-0.4, -0.2) is 67.4 Å². The van der Waals surface area contributed by atoms with Crippen molar-refractivity contribution in [2.24, 2.45) is 0 Å². The Morgan fingerprint density at radius 1 is 1.30 bits per heavy atom. The number of likely N-dealkylation sites (tertiary alicyclic amines) is 1. The highest BCUT2D eigenvalue weighted by molar-refractivity contribution is 5.77. The second kappa shape index (κ2) is 7.97. The Balaban J connectivity index is 1.68. The third-order valence-electron chi connectivity index (χ3n) is 3.98. The first-order valence-corrected chi connectivity index (χ1v) is 8.43. The molecule has 2 aliphatic rings. The van der Waals surface area contributed by atoms with Gasteiger partial charge in [0.1, 0.15) is 5.60 Å². The maximum absolute atomic E-state index is 12.3. The number of hydrogen-bond acceptors (Lipinski definition) is 5. The zero-order chi connectivity index (χ0) is 16.9. The number of carbonyl (C=O) groups is 2. The number of ether oxygens (including phenoxy) is 2. The number of rotatable bonds is 3. The molecule has 0 aliphatic carbocycles. The summed E-state index contributed by atoms with van der Waals surface area (Å²) in [5.41, 5.74) is -0.491. The zero-order valence-electron chi connectivity index (χ0n) is 14.4. The average molecular weight is 327 g/mol. The van der Waals surface area contributed by atoms with Gasteiger partial charge in [0.05, 0.1) is 19.1 Å². The molecule has 0 aromatic heterocycles. The minimum atomic E-state index is -0.491. The molecule has 7 heteroatoms. The lowest BCUT2D eigenvalue weighted by Gasteiger charge is -2.34. The monoisotopic (exact) mass is 327 g/mol. The van der Waals surface area contributed by atoms with Gasteiger partial charge in [-0.1, -0.05) is 0 Å². The summed E-state index contributed by atoms with van der Waals surface area (Å²) in [6.07, 6.45) is 1.54. The van der Waals surface area contributed by atoms with E-state index in [0.29, 0.717) is 26.1 Å². The van der Waals surface area contributed by atoms with Gasteiger partial charge in [-0.25, -0.2) is 4.79 Å². The molecule has 2 amide bonds. The molecule has 0 spiro atoms. The number of carbonyl (C=O) groups excluding carboxylic acids is 2. The summed E-state index contributed by atoms with van der Waals surface area (Å²) < 4.78 is 10.8. The number of amides is 2. The Hall–Kier alpha value is -1.34. The Morgan fingerprint density at radius 3 is 2.57 bits per heavy atom. The van der Waals surface area contributed by atoms with Crippen molar-refractivity contribution in [1.29, 1.82) is 0 Å². The molecule has 2 heterocycles. The van der Waals surface area contributed by atoms with Gasteiger partial charge in [0, 0.05) is 32.2 Å². The van der Waals surface area contributed by atoms with Crippen molar-refractivity contribution >= 4 is 12.0 Å². The first kappa shape index (κ1) is 18.0. The fraction of sp³-hybridized carbons (Fsp3) is 0.875. The lowest BCUT2D eigenvalue weighted by molar-refractivity contribution is -0.135. The predicted octanol–water partition coefficient (Wildman–Crippen LogP) is 0.881. The molecule has 2 fully saturated rings. The van der Waals surface area contributed by atoms with Crippen molar-refractivity contribution in [1.82, 2.24) is 15.5 Å². The first-order valence-electron chi connectivity index (χ1n) is 8.43. The summed E-state index contributed by atoms with van der Waals surface area (Å²) in [5.74, 6) is 0.134. The molecule has 0 unspecified atom stereocenters. The Labute approximate surface area is 138 Å². The highest BCUT2D eigenvalue weighted by Gasteiger charge is 2.27. The van der Waals surface area contributed by atoms with E-state index in [4.69, 9.17) is 9.47 Å². The highest BCUT2D eigenvalue weighted by Crippen LogP contribution is 2.14. The number of morpholine rings is 1. The quantitative estimate of drug-likeness (QED) is 0.804. The average Bonchev–Trinajstić information content (AvgIpc) is 2.47. The second-order valence-electron chi connectivity index (χ2n) is 7.20. The lowest BCUT2D eigenvalue weighted by Crippen LogP contribution is -2.49. The van der Waals surface area contributed by atoms with Gasteiger partial charge >= 0.3 is 6.09 Å². The van der Waals surface area contributed by atoms with Crippen molar-refractivity contribution < 1.29 is 19.1 Å². The van der Waals surface area contributed by atoms with Gasteiger partial charge in [-0.2, -0.15) is 0 Å². The first-order chi connectivity index (χ1) is 10.8. The Bertz CT molecular complexity index is 408. The molecule has 2 aliphatic heterocycles. The van der Waals surface area contributed by atoms with Crippen LogP contribution in [0, 0.1) is 0 Å². The van der Waals surface area contributed by atoms with Crippen LogP contribution in [-0.2, 0) is 14.3 Å². The topological polar surface area (TPSA) is 79.9 Å². The van der Waals surface area contributed by atoms with Crippen LogP contribution in [0.1, 0.15) is 40.0 Å². The van der Waals surface area contributed by atoms with Crippen LogP contribution in [0.25, 0.3) is 0 Å². The van der Waals surface area contributed by atoms with E-state index in [1.54, 1.807) is 0 Å². The molecule has 2 N–H and O–H groups in total. The summed E-state index contributed by atoms with van der Waals surface area (Å²) in [6.45, 7) is 9.12.